The standard InChI is InChI=1S/C27H19Cl2F6N5O3S/c28-17-6-15(26(30,31)32)7-18(29)23(17)21-8-19(38-43-21)20-12-44-24(37-20)13-1-3-39(4-2-13)22(41)11-40-10-16(27(33,34)35)5-14(9-36)25(40)42/h5-7,10,12-13,21H,1-4,8,11H2. The molecule has 1 saturated heterocycles. The number of benzene rings is 1. The van der Waals surface area contributed by atoms with E-state index in [1.165, 1.54) is 22.3 Å². The van der Waals surface area contributed by atoms with E-state index in [1.807, 2.05) is 0 Å². The number of amides is 1. The summed E-state index contributed by atoms with van der Waals surface area (Å²) in [7, 11) is 0. The predicted molar refractivity (Wildman–Crippen MR) is 148 cm³/mol. The van der Waals surface area contributed by atoms with Gasteiger partial charge in [-0.15, -0.1) is 11.3 Å². The van der Waals surface area contributed by atoms with Crippen molar-refractivity contribution in [2.75, 3.05) is 13.1 Å². The summed E-state index contributed by atoms with van der Waals surface area (Å²) in [5, 5.41) is 15.2. The van der Waals surface area contributed by atoms with Gasteiger partial charge in [-0.1, -0.05) is 28.4 Å². The van der Waals surface area contributed by atoms with Gasteiger partial charge in [0, 0.05) is 52.6 Å². The molecule has 3 aromatic rings. The lowest BCUT2D eigenvalue weighted by Crippen LogP contribution is -2.41. The van der Waals surface area contributed by atoms with Crippen LogP contribution < -0.4 is 5.56 Å². The summed E-state index contributed by atoms with van der Waals surface area (Å²) in [5.41, 5.74) is -2.71. The first-order valence-electron chi connectivity index (χ1n) is 12.9. The van der Waals surface area contributed by atoms with Crippen LogP contribution in [-0.4, -0.2) is 39.2 Å². The second-order valence-electron chi connectivity index (χ2n) is 10.1. The number of oxime groups is 1. The number of piperidine rings is 1. The number of carbonyl (C=O) groups excluding carboxylic acids is 1. The molecule has 2 aliphatic rings. The monoisotopic (exact) mass is 677 g/mol. The van der Waals surface area contributed by atoms with E-state index in [9.17, 15) is 35.9 Å². The van der Waals surface area contributed by atoms with Gasteiger partial charge in [-0.05, 0) is 31.0 Å². The van der Waals surface area contributed by atoms with E-state index in [0.717, 1.165) is 17.1 Å². The molecule has 17 heteroatoms. The summed E-state index contributed by atoms with van der Waals surface area (Å²) in [5.74, 6) is -0.588. The summed E-state index contributed by atoms with van der Waals surface area (Å²) < 4.78 is 79.5. The molecule has 0 radical (unpaired) electrons. The number of alkyl halides is 6. The largest absolute Gasteiger partial charge is 0.417 e. The summed E-state index contributed by atoms with van der Waals surface area (Å²) in [6.07, 6.45) is -8.51. The highest BCUT2D eigenvalue weighted by Crippen LogP contribution is 2.42. The molecule has 8 nitrogen and oxygen atoms in total. The SMILES string of the molecule is N#Cc1cc(C(F)(F)F)cn(CC(=O)N2CCC(c3nc(C4=NOC(c5c(Cl)cc(C(F)(F)F)cc5Cl)C4)cs3)CC2)c1=O. The van der Waals surface area contributed by atoms with Crippen LogP contribution in [0.3, 0.4) is 0 Å². The molecule has 5 rings (SSSR count). The van der Waals surface area contributed by atoms with Crippen LogP contribution in [0.25, 0.3) is 0 Å². The minimum atomic E-state index is -4.80. The van der Waals surface area contributed by atoms with Crippen molar-refractivity contribution < 1.29 is 36.0 Å². The third-order valence-corrected chi connectivity index (χ3v) is 8.88. The average Bonchev–Trinajstić information content (AvgIpc) is 3.63. The maximum absolute atomic E-state index is 13.2. The number of nitrogens with zero attached hydrogens (tertiary/aromatic N) is 5. The molecule has 1 unspecified atom stereocenters. The highest BCUT2D eigenvalue weighted by atomic mass is 35.5. The Balaban J connectivity index is 1.20. The quantitative estimate of drug-likeness (QED) is 0.277. The first-order chi connectivity index (χ1) is 20.7. The molecule has 44 heavy (non-hydrogen) atoms. The smallest absolute Gasteiger partial charge is 0.387 e. The zero-order valence-corrected chi connectivity index (χ0v) is 24.5. The minimum Gasteiger partial charge on any atom is -0.387 e. The van der Waals surface area contributed by atoms with Crippen molar-refractivity contribution in [3.8, 4) is 6.07 Å². The first-order valence-corrected chi connectivity index (χ1v) is 14.5. The number of likely N-dealkylation sites (tertiary alicyclic amines) is 1. The molecular weight excluding hydrogens is 659 g/mol. The second kappa shape index (κ2) is 12.1. The van der Waals surface area contributed by atoms with E-state index in [2.05, 4.69) is 10.1 Å². The fourth-order valence-electron chi connectivity index (χ4n) is 4.96. The summed E-state index contributed by atoms with van der Waals surface area (Å²) in [6, 6.07) is 3.46. The molecule has 0 aliphatic carbocycles. The molecule has 4 heterocycles. The van der Waals surface area contributed by atoms with Crippen LogP contribution in [0.2, 0.25) is 10.0 Å². The van der Waals surface area contributed by atoms with Gasteiger partial charge < -0.3 is 14.3 Å². The van der Waals surface area contributed by atoms with Crippen LogP contribution in [0, 0.1) is 11.3 Å². The Labute approximate surface area is 259 Å². The number of carbonyl (C=O) groups is 1. The van der Waals surface area contributed by atoms with Gasteiger partial charge in [0.1, 0.15) is 23.9 Å². The average molecular weight is 678 g/mol. The van der Waals surface area contributed by atoms with Gasteiger partial charge in [0.25, 0.3) is 5.56 Å². The van der Waals surface area contributed by atoms with Crippen molar-refractivity contribution in [3.05, 3.63) is 83.1 Å². The summed E-state index contributed by atoms with van der Waals surface area (Å²) >= 11 is 13.6. The Kier molecular flexibility index (Phi) is 8.71. The van der Waals surface area contributed by atoms with E-state index >= 15 is 0 Å². The maximum Gasteiger partial charge on any atom is 0.417 e. The van der Waals surface area contributed by atoms with E-state index in [4.69, 9.17) is 33.3 Å². The van der Waals surface area contributed by atoms with Gasteiger partial charge in [0.15, 0.2) is 6.10 Å². The molecule has 0 bridgehead atoms. The fourth-order valence-corrected chi connectivity index (χ4v) is 6.69. The molecule has 1 fully saturated rings. The van der Waals surface area contributed by atoms with Gasteiger partial charge in [0.2, 0.25) is 5.91 Å². The lowest BCUT2D eigenvalue weighted by molar-refractivity contribution is -0.139. The molecule has 1 aromatic carbocycles. The second-order valence-corrected chi connectivity index (χ2v) is 11.8. The van der Waals surface area contributed by atoms with Gasteiger partial charge in [-0.25, -0.2) is 4.98 Å². The lowest BCUT2D eigenvalue weighted by Gasteiger charge is -2.31. The Morgan fingerprint density at radius 3 is 2.30 bits per heavy atom. The molecule has 0 saturated carbocycles. The summed E-state index contributed by atoms with van der Waals surface area (Å²) in [4.78, 5) is 36.7. The fraction of sp³-hybridized carbons (Fsp3) is 0.370. The minimum absolute atomic E-state index is 0.0307. The van der Waals surface area contributed by atoms with E-state index in [0.29, 0.717) is 41.1 Å². The zero-order valence-electron chi connectivity index (χ0n) is 22.2. The van der Waals surface area contributed by atoms with Crippen molar-refractivity contribution in [2.24, 2.45) is 5.16 Å². The number of hydrogen-bond acceptors (Lipinski definition) is 7. The Morgan fingerprint density at radius 2 is 1.70 bits per heavy atom. The number of aromatic nitrogens is 2. The Bertz CT molecular complexity index is 1720. The van der Waals surface area contributed by atoms with Crippen molar-refractivity contribution >= 4 is 46.2 Å². The first kappa shape index (κ1) is 31.8. The molecule has 232 valence electrons. The van der Waals surface area contributed by atoms with Crippen LogP contribution >= 0.6 is 34.5 Å². The van der Waals surface area contributed by atoms with E-state index in [1.54, 1.807) is 5.38 Å². The van der Waals surface area contributed by atoms with Gasteiger partial charge in [0.05, 0.1) is 21.8 Å². The molecule has 2 aliphatic heterocycles. The van der Waals surface area contributed by atoms with Gasteiger partial charge in [-0.3, -0.25) is 9.59 Å². The van der Waals surface area contributed by atoms with Crippen LogP contribution in [-0.2, 0) is 28.5 Å². The molecule has 0 spiro atoms. The highest BCUT2D eigenvalue weighted by molar-refractivity contribution is 7.10. The number of rotatable bonds is 5. The molecular formula is C27H19Cl2F6N5O3S. The van der Waals surface area contributed by atoms with Gasteiger partial charge in [-0.2, -0.15) is 31.6 Å². The Morgan fingerprint density at radius 1 is 1.07 bits per heavy atom. The molecule has 2 aromatic heterocycles. The third kappa shape index (κ3) is 6.57. The van der Waals surface area contributed by atoms with Crippen molar-refractivity contribution in [1.82, 2.24) is 14.5 Å². The maximum atomic E-state index is 13.2. The van der Waals surface area contributed by atoms with Gasteiger partial charge >= 0.3 is 12.4 Å². The number of nitriles is 1. The topological polar surface area (TPSA) is 101 Å². The van der Waals surface area contributed by atoms with E-state index in [-0.39, 0.29) is 41.0 Å². The molecule has 1 amide bonds. The van der Waals surface area contributed by atoms with Crippen LogP contribution in [0.15, 0.2) is 39.7 Å². The molecule has 1 atom stereocenters. The third-order valence-electron chi connectivity index (χ3n) is 7.25. The molecule has 0 N–H and O–H groups in total. The van der Waals surface area contributed by atoms with Crippen molar-refractivity contribution in [2.45, 2.75) is 50.2 Å². The lowest BCUT2D eigenvalue weighted by atomic mass is 9.97. The van der Waals surface area contributed by atoms with Crippen molar-refractivity contribution in [1.29, 1.82) is 5.26 Å². The number of thiazole rings is 1. The summed E-state index contributed by atoms with van der Waals surface area (Å²) in [6.45, 7) is -0.0972. The van der Waals surface area contributed by atoms with E-state index < -0.39 is 53.2 Å². The van der Waals surface area contributed by atoms with Crippen LogP contribution in [0.4, 0.5) is 26.3 Å². The number of halogens is 8. The number of pyridine rings is 1. The Hall–Kier alpha value is -3.61. The van der Waals surface area contributed by atoms with Crippen LogP contribution in [0.1, 0.15) is 64.2 Å². The van der Waals surface area contributed by atoms with Crippen molar-refractivity contribution in [3.63, 3.8) is 0 Å². The zero-order chi connectivity index (χ0) is 32.0. The number of hydrogen-bond donors (Lipinski definition) is 0. The normalized spacial score (nSPS) is 17.8. The predicted octanol–water partition coefficient (Wildman–Crippen LogP) is 6.79. The van der Waals surface area contributed by atoms with Crippen LogP contribution in [0.5, 0.6) is 0 Å². The highest BCUT2D eigenvalue weighted by Gasteiger charge is 2.36.